The molecule has 5 nitrogen and oxygen atoms in total. The van der Waals surface area contributed by atoms with Gasteiger partial charge in [-0.15, -0.1) is 23.2 Å². The van der Waals surface area contributed by atoms with Crippen molar-refractivity contribution < 1.29 is 24.2 Å². The van der Waals surface area contributed by atoms with Crippen molar-refractivity contribution in [1.82, 2.24) is 0 Å². The lowest BCUT2D eigenvalue weighted by Gasteiger charge is -2.49. The first-order chi connectivity index (χ1) is 14.6. The summed E-state index contributed by atoms with van der Waals surface area (Å²) in [6.07, 6.45) is 6.48. The molecule has 0 amide bonds. The predicted molar refractivity (Wildman–Crippen MR) is 123 cm³/mol. The number of ketones is 2. The van der Waals surface area contributed by atoms with Crippen LogP contribution >= 0.6 is 46.4 Å². The molecule has 1 N–H and O–H groups in total. The fourth-order valence-electron chi connectivity index (χ4n) is 3.79. The molecule has 0 fully saturated rings. The number of fused-ring (bicyclic) bond motifs is 1. The number of ether oxygens (including phenoxy) is 2. The van der Waals surface area contributed by atoms with Gasteiger partial charge in [0.05, 0.1) is 14.2 Å². The SMILES string of the molecule is C=CC1=CC[C@@]2(Cl)C(=O)C(Cl)=C(Cl)C(=O)[C@@]2(Cl)[C@H]1C=Cc1cc(OC)c(O)c(OC)c1. The third-order valence-corrected chi connectivity index (χ3v) is 7.75. The van der Waals surface area contributed by atoms with Gasteiger partial charge in [0.2, 0.25) is 5.75 Å². The first kappa shape index (κ1) is 23.7. The lowest BCUT2D eigenvalue weighted by Crippen LogP contribution is -2.64. The zero-order valence-corrected chi connectivity index (χ0v) is 19.6. The highest BCUT2D eigenvalue weighted by molar-refractivity contribution is 6.66. The number of rotatable bonds is 5. The molecule has 1 aromatic rings. The lowest BCUT2D eigenvalue weighted by molar-refractivity contribution is -0.127. The Hall–Kier alpha value is -1.92. The van der Waals surface area contributed by atoms with Crippen LogP contribution in [-0.2, 0) is 9.59 Å². The molecule has 3 rings (SSSR count). The van der Waals surface area contributed by atoms with Crippen LogP contribution in [-0.4, -0.2) is 40.6 Å². The van der Waals surface area contributed by atoms with E-state index >= 15 is 0 Å². The second-order valence-corrected chi connectivity index (χ2v) is 9.02. The van der Waals surface area contributed by atoms with E-state index in [1.54, 1.807) is 36.4 Å². The van der Waals surface area contributed by atoms with Gasteiger partial charge in [-0.05, 0) is 29.7 Å². The Morgan fingerprint density at radius 3 is 2.16 bits per heavy atom. The monoisotopic (exact) mass is 502 g/mol. The molecule has 164 valence electrons. The average Bonchev–Trinajstić information content (AvgIpc) is 2.77. The second kappa shape index (κ2) is 8.55. The van der Waals surface area contributed by atoms with E-state index in [-0.39, 0.29) is 23.7 Å². The number of allylic oxidation sites excluding steroid dienone is 6. The summed E-state index contributed by atoms with van der Waals surface area (Å²) in [4.78, 5) is 22.3. The molecule has 9 heteroatoms. The van der Waals surface area contributed by atoms with Gasteiger partial charge in [-0.25, -0.2) is 0 Å². The van der Waals surface area contributed by atoms with Gasteiger partial charge in [-0.2, -0.15) is 0 Å². The summed E-state index contributed by atoms with van der Waals surface area (Å²) in [5.74, 6) is -2.06. The number of phenolic OH excluding ortho intramolecular Hbond substituents is 1. The van der Waals surface area contributed by atoms with E-state index in [0.29, 0.717) is 11.1 Å². The van der Waals surface area contributed by atoms with E-state index in [4.69, 9.17) is 55.9 Å². The van der Waals surface area contributed by atoms with Gasteiger partial charge in [-0.1, -0.05) is 54.1 Å². The number of aromatic hydroxyl groups is 1. The molecule has 3 atom stereocenters. The minimum Gasteiger partial charge on any atom is -0.502 e. The molecule has 1 aromatic carbocycles. The lowest BCUT2D eigenvalue weighted by atomic mass is 9.64. The van der Waals surface area contributed by atoms with Crippen molar-refractivity contribution in [2.45, 2.75) is 16.2 Å². The zero-order chi connectivity index (χ0) is 23.1. The fourth-order valence-corrected chi connectivity index (χ4v) is 5.20. The Morgan fingerprint density at radius 1 is 1.10 bits per heavy atom. The highest BCUT2D eigenvalue weighted by Crippen LogP contribution is 2.57. The summed E-state index contributed by atoms with van der Waals surface area (Å²) in [6.45, 7) is 3.78. The molecule has 0 saturated heterocycles. The number of hydrogen-bond donors (Lipinski definition) is 1. The summed E-state index contributed by atoms with van der Waals surface area (Å²) in [6, 6.07) is 3.14. The summed E-state index contributed by atoms with van der Waals surface area (Å²) in [5.41, 5.74) is 1.18. The maximum absolute atomic E-state index is 13.2. The van der Waals surface area contributed by atoms with Crippen LogP contribution < -0.4 is 9.47 Å². The van der Waals surface area contributed by atoms with E-state index in [1.807, 2.05) is 0 Å². The normalized spacial score (nSPS) is 28.5. The summed E-state index contributed by atoms with van der Waals surface area (Å²) in [7, 11) is 2.81. The Bertz CT molecular complexity index is 1050. The third-order valence-electron chi connectivity index (χ3n) is 5.48. The number of benzene rings is 1. The van der Waals surface area contributed by atoms with Crippen molar-refractivity contribution in [3.05, 3.63) is 58.1 Å². The number of Topliss-reactive ketones (excluding diaryl/α,β-unsaturated/α-hetero) is 2. The van der Waals surface area contributed by atoms with Gasteiger partial charge < -0.3 is 14.6 Å². The molecule has 0 aromatic heterocycles. The van der Waals surface area contributed by atoms with Crippen molar-refractivity contribution in [2.24, 2.45) is 5.92 Å². The highest BCUT2D eigenvalue weighted by atomic mass is 35.5. The quantitative estimate of drug-likeness (QED) is 0.548. The number of halogens is 4. The molecule has 31 heavy (non-hydrogen) atoms. The first-order valence-corrected chi connectivity index (χ1v) is 10.6. The standard InChI is InChI=1S/C22H18Cl4O5/c1-4-12-7-8-21(25)19(28)16(23)17(24)20(29)22(21,26)13(12)6-5-11-9-14(30-2)18(27)15(10-11)31-3/h4-7,9-10,13,27H,1,8H2,2-3H3/t13-,21+,22-/m0/s1. The van der Waals surface area contributed by atoms with Crippen molar-refractivity contribution in [2.75, 3.05) is 14.2 Å². The van der Waals surface area contributed by atoms with Crippen molar-refractivity contribution in [3.63, 3.8) is 0 Å². The van der Waals surface area contributed by atoms with Gasteiger partial charge in [-0.3, -0.25) is 9.59 Å². The van der Waals surface area contributed by atoms with Crippen LogP contribution in [0.3, 0.4) is 0 Å². The summed E-state index contributed by atoms with van der Waals surface area (Å²) < 4.78 is 10.3. The molecule has 2 aliphatic carbocycles. The minimum absolute atomic E-state index is 0.0183. The van der Waals surface area contributed by atoms with Crippen LogP contribution in [0.25, 0.3) is 6.08 Å². The number of hydrogen-bond acceptors (Lipinski definition) is 5. The fraction of sp³-hybridized carbons (Fsp3) is 0.273. The maximum Gasteiger partial charge on any atom is 0.200 e. The summed E-state index contributed by atoms with van der Waals surface area (Å²) >= 11 is 25.6. The van der Waals surface area contributed by atoms with Crippen LogP contribution in [0.1, 0.15) is 12.0 Å². The van der Waals surface area contributed by atoms with Gasteiger partial charge in [0, 0.05) is 5.92 Å². The topological polar surface area (TPSA) is 72.8 Å². The Balaban J connectivity index is 2.16. The number of phenols is 1. The van der Waals surface area contributed by atoms with Crippen molar-refractivity contribution >= 4 is 64.0 Å². The number of carbonyl (C=O) groups is 2. The van der Waals surface area contributed by atoms with Crippen LogP contribution in [0.5, 0.6) is 17.2 Å². The van der Waals surface area contributed by atoms with E-state index < -0.39 is 37.3 Å². The predicted octanol–water partition coefficient (Wildman–Crippen LogP) is 5.35. The highest BCUT2D eigenvalue weighted by Gasteiger charge is 2.67. The summed E-state index contributed by atoms with van der Waals surface area (Å²) in [5, 5.41) is 9.23. The number of alkyl halides is 2. The average molecular weight is 504 g/mol. The van der Waals surface area contributed by atoms with Crippen molar-refractivity contribution in [1.29, 1.82) is 0 Å². The molecule has 0 saturated carbocycles. The van der Waals surface area contributed by atoms with Gasteiger partial charge in [0.15, 0.2) is 23.1 Å². The van der Waals surface area contributed by atoms with Crippen LogP contribution in [0.15, 0.2) is 52.6 Å². The van der Waals surface area contributed by atoms with E-state index in [9.17, 15) is 14.7 Å². The molecule has 0 radical (unpaired) electrons. The number of carbonyl (C=O) groups excluding carboxylic acids is 2. The molecule has 0 bridgehead atoms. The number of methoxy groups -OCH3 is 2. The Morgan fingerprint density at radius 2 is 1.65 bits per heavy atom. The molecule has 2 aliphatic rings. The van der Waals surface area contributed by atoms with E-state index in [1.165, 1.54) is 14.2 Å². The molecule has 0 spiro atoms. The van der Waals surface area contributed by atoms with Crippen molar-refractivity contribution in [3.8, 4) is 17.2 Å². The molecular weight excluding hydrogens is 486 g/mol. The first-order valence-electron chi connectivity index (χ1n) is 9.05. The molecule has 0 unspecified atom stereocenters. The van der Waals surface area contributed by atoms with Gasteiger partial charge in [0.1, 0.15) is 19.8 Å². The Kier molecular flexibility index (Phi) is 6.55. The van der Waals surface area contributed by atoms with Gasteiger partial charge in [0.25, 0.3) is 0 Å². The van der Waals surface area contributed by atoms with Gasteiger partial charge >= 0.3 is 0 Å². The Labute approximate surface area is 199 Å². The smallest absolute Gasteiger partial charge is 0.200 e. The molecule has 0 aliphatic heterocycles. The van der Waals surface area contributed by atoms with E-state index in [0.717, 1.165) is 0 Å². The van der Waals surface area contributed by atoms with Crippen LogP contribution in [0.2, 0.25) is 0 Å². The maximum atomic E-state index is 13.2. The van der Waals surface area contributed by atoms with Crippen LogP contribution in [0.4, 0.5) is 0 Å². The largest absolute Gasteiger partial charge is 0.502 e. The second-order valence-electron chi connectivity index (χ2n) is 7.02. The zero-order valence-electron chi connectivity index (χ0n) is 16.5. The molecular formula is C22H18Cl4O5. The van der Waals surface area contributed by atoms with E-state index in [2.05, 4.69) is 6.58 Å². The minimum atomic E-state index is -1.92. The van der Waals surface area contributed by atoms with Crippen LogP contribution in [0, 0.1) is 5.92 Å². The molecule has 0 heterocycles. The third kappa shape index (κ3) is 3.48.